The second-order valence-electron chi connectivity index (χ2n) is 13.4. The summed E-state index contributed by atoms with van der Waals surface area (Å²) >= 11 is 0. The van der Waals surface area contributed by atoms with E-state index in [1.807, 2.05) is 0 Å². The Morgan fingerprint density at radius 3 is 1.28 bits per heavy atom. The van der Waals surface area contributed by atoms with E-state index in [-0.39, 0.29) is 12.5 Å². The molecule has 1 fully saturated rings. The minimum absolute atomic E-state index is 0.00970. The van der Waals surface area contributed by atoms with Crippen molar-refractivity contribution in [3.05, 3.63) is 0 Å². The lowest BCUT2D eigenvalue weighted by molar-refractivity contribution is -0.228. The quantitative estimate of drug-likeness (QED) is 0.0705. The molecule has 1 amide bonds. The zero-order valence-electron chi connectivity index (χ0n) is 28.6. The molecule has 1 saturated heterocycles. The number of nitrogens with zero attached hydrogens (tertiary/aromatic N) is 1. The number of aliphatic hydroxyl groups is 3. The average Bonchev–Trinajstić information content (AvgIpc) is 3.00. The van der Waals surface area contributed by atoms with E-state index in [2.05, 4.69) is 13.8 Å². The van der Waals surface area contributed by atoms with E-state index >= 15 is 0 Å². The van der Waals surface area contributed by atoms with Crippen molar-refractivity contribution < 1.29 is 24.9 Å². The summed E-state index contributed by atoms with van der Waals surface area (Å²) in [5.41, 5.74) is 0. The molecule has 0 radical (unpaired) electrons. The van der Waals surface area contributed by atoms with Gasteiger partial charge in [0.05, 0.1) is 6.61 Å². The van der Waals surface area contributed by atoms with Gasteiger partial charge in [0, 0.05) is 13.0 Å². The van der Waals surface area contributed by atoms with E-state index in [1.54, 1.807) is 4.90 Å². The lowest BCUT2D eigenvalue weighted by Crippen LogP contribution is -2.60. The van der Waals surface area contributed by atoms with Crippen LogP contribution in [0.25, 0.3) is 0 Å². The van der Waals surface area contributed by atoms with Crippen molar-refractivity contribution in [1.82, 2.24) is 4.90 Å². The van der Waals surface area contributed by atoms with Gasteiger partial charge in [-0.1, -0.05) is 174 Å². The number of hydrogen-bond donors (Lipinski definition) is 3. The summed E-state index contributed by atoms with van der Waals surface area (Å²) < 4.78 is 5.69. The first-order valence-corrected chi connectivity index (χ1v) is 19.0. The van der Waals surface area contributed by atoms with Crippen LogP contribution >= 0.6 is 0 Å². The van der Waals surface area contributed by atoms with Gasteiger partial charge in [-0.2, -0.15) is 0 Å². The van der Waals surface area contributed by atoms with Crippen LogP contribution in [0.5, 0.6) is 0 Å². The van der Waals surface area contributed by atoms with Crippen LogP contribution in [0, 0.1) is 0 Å². The summed E-state index contributed by atoms with van der Waals surface area (Å²) in [6.45, 7) is 4.99. The number of amides is 1. The van der Waals surface area contributed by atoms with Crippen LogP contribution in [0.3, 0.4) is 0 Å². The van der Waals surface area contributed by atoms with Crippen LogP contribution in [0.2, 0.25) is 0 Å². The van der Waals surface area contributed by atoms with Crippen molar-refractivity contribution in [2.45, 2.75) is 218 Å². The summed E-state index contributed by atoms with van der Waals surface area (Å²) in [5.74, 6) is -0.00970. The number of aliphatic hydroxyl groups excluding tert-OH is 3. The van der Waals surface area contributed by atoms with E-state index < -0.39 is 24.5 Å². The third kappa shape index (κ3) is 20.9. The van der Waals surface area contributed by atoms with Crippen LogP contribution in [0.1, 0.15) is 194 Å². The lowest BCUT2D eigenvalue weighted by atomic mass is 10.0. The Morgan fingerprint density at radius 1 is 0.535 bits per heavy atom. The Bertz CT molecular complexity index is 618. The lowest BCUT2D eigenvalue weighted by Gasteiger charge is -2.41. The van der Waals surface area contributed by atoms with Gasteiger partial charge in [0.25, 0.3) is 0 Å². The molecule has 1 rings (SSSR count). The topological polar surface area (TPSA) is 90.2 Å². The maximum absolute atomic E-state index is 13.2. The highest BCUT2D eigenvalue weighted by atomic mass is 16.5. The van der Waals surface area contributed by atoms with E-state index in [4.69, 9.17) is 4.74 Å². The zero-order valence-corrected chi connectivity index (χ0v) is 28.6. The maximum Gasteiger partial charge on any atom is 0.224 e. The highest BCUT2D eigenvalue weighted by molar-refractivity contribution is 5.76. The molecule has 43 heavy (non-hydrogen) atoms. The fourth-order valence-corrected chi connectivity index (χ4v) is 6.37. The summed E-state index contributed by atoms with van der Waals surface area (Å²) in [5, 5.41) is 30.7. The second kappa shape index (κ2) is 28.8. The molecule has 4 atom stereocenters. The van der Waals surface area contributed by atoms with Gasteiger partial charge in [0.15, 0.2) is 6.23 Å². The van der Waals surface area contributed by atoms with Gasteiger partial charge < -0.3 is 25.0 Å². The summed E-state index contributed by atoms with van der Waals surface area (Å²) in [6.07, 6.45) is 30.3. The number of ether oxygens (including phenoxy) is 1. The average molecular weight is 612 g/mol. The van der Waals surface area contributed by atoms with Crippen molar-refractivity contribution >= 4 is 5.91 Å². The third-order valence-electron chi connectivity index (χ3n) is 9.35. The highest BCUT2D eigenvalue weighted by Gasteiger charge is 2.41. The van der Waals surface area contributed by atoms with Crippen molar-refractivity contribution in [3.8, 4) is 0 Å². The predicted molar refractivity (Wildman–Crippen MR) is 180 cm³/mol. The van der Waals surface area contributed by atoms with Gasteiger partial charge in [0.2, 0.25) is 5.91 Å². The van der Waals surface area contributed by atoms with Gasteiger partial charge >= 0.3 is 0 Å². The number of carbonyl (C=O) groups excluding carboxylic acids is 1. The molecule has 1 aliphatic rings. The molecule has 0 unspecified atom stereocenters. The Morgan fingerprint density at radius 2 is 0.884 bits per heavy atom. The largest absolute Gasteiger partial charge is 0.388 e. The molecular weight excluding hydrogens is 538 g/mol. The SMILES string of the molecule is CCCCCCCCCCCCCCCCCCN(C(=O)CCCCCCCCCCCCC)[C@H]1OC[C@@H](O)[C@@H](O)[C@@H]1O. The Labute approximate surface area is 266 Å². The molecule has 0 spiro atoms. The number of hydrogen-bond acceptors (Lipinski definition) is 5. The first-order chi connectivity index (χ1) is 21.0. The number of rotatable bonds is 30. The summed E-state index contributed by atoms with van der Waals surface area (Å²) in [7, 11) is 0. The first kappa shape index (κ1) is 40.3. The Balaban J connectivity index is 2.21. The van der Waals surface area contributed by atoms with Gasteiger partial charge in [0.1, 0.15) is 18.3 Å². The minimum atomic E-state index is -1.29. The number of carbonyl (C=O) groups is 1. The maximum atomic E-state index is 13.2. The van der Waals surface area contributed by atoms with Crippen LogP contribution < -0.4 is 0 Å². The third-order valence-corrected chi connectivity index (χ3v) is 9.35. The zero-order chi connectivity index (χ0) is 31.4. The fraction of sp³-hybridized carbons (Fsp3) is 0.973. The van der Waals surface area contributed by atoms with E-state index in [0.717, 1.165) is 38.5 Å². The van der Waals surface area contributed by atoms with Crippen molar-refractivity contribution in [2.75, 3.05) is 13.2 Å². The number of unbranched alkanes of at least 4 members (excludes halogenated alkanes) is 25. The van der Waals surface area contributed by atoms with Crippen LogP contribution in [0.4, 0.5) is 0 Å². The van der Waals surface area contributed by atoms with Crippen molar-refractivity contribution in [3.63, 3.8) is 0 Å². The molecule has 0 bridgehead atoms. The molecule has 1 heterocycles. The summed E-state index contributed by atoms with van der Waals surface area (Å²) in [4.78, 5) is 14.9. The van der Waals surface area contributed by atoms with Crippen LogP contribution in [-0.2, 0) is 9.53 Å². The molecule has 0 aromatic carbocycles. The van der Waals surface area contributed by atoms with E-state index in [1.165, 1.54) is 135 Å². The molecule has 6 nitrogen and oxygen atoms in total. The Hall–Kier alpha value is -0.690. The van der Waals surface area contributed by atoms with Gasteiger partial charge in [-0.3, -0.25) is 4.79 Å². The monoisotopic (exact) mass is 612 g/mol. The molecule has 256 valence electrons. The van der Waals surface area contributed by atoms with Gasteiger partial charge in [-0.05, 0) is 12.8 Å². The minimum Gasteiger partial charge on any atom is -0.388 e. The first-order valence-electron chi connectivity index (χ1n) is 19.0. The molecular formula is C37H73NO5. The fourth-order valence-electron chi connectivity index (χ4n) is 6.37. The molecule has 0 saturated carbocycles. The second-order valence-corrected chi connectivity index (χ2v) is 13.4. The highest BCUT2D eigenvalue weighted by Crippen LogP contribution is 2.22. The van der Waals surface area contributed by atoms with Crippen molar-refractivity contribution in [2.24, 2.45) is 0 Å². The smallest absolute Gasteiger partial charge is 0.224 e. The van der Waals surface area contributed by atoms with E-state index in [9.17, 15) is 20.1 Å². The van der Waals surface area contributed by atoms with Crippen molar-refractivity contribution in [1.29, 1.82) is 0 Å². The molecule has 6 heteroatoms. The van der Waals surface area contributed by atoms with E-state index in [0.29, 0.717) is 13.0 Å². The normalized spacial score (nSPS) is 20.5. The molecule has 0 aromatic rings. The summed E-state index contributed by atoms with van der Waals surface area (Å²) in [6, 6.07) is 0. The van der Waals surface area contributed by atoms with Crippen LogP contribution in [0.15, 0.2) is 0 Å². The van der Waals surface area contributed by atoms with Crippen LogP contribution in [-0.4, -0.2) is 63.8 Å². The Kier molecular flexibility index (Phi) is 27.0. The van der Waals surface area contributed by atoms with Gasteiger partial charge in [-0.15, -0.1) is 0 Å². The van der Waals surface area contributed by atoms with Gasteiger partial charge in [-0.25, -0.2) is 0 Å². The predicted octanol–water partition coefficient (Wildman–Crippen LogP) is 9.22. The molecule has 3 N–H and O–H groups in total. The molecule has 1 aliphatic heterocycles. The standard InChI is InChI=1S/C37H73NO5/c1-3-5-7-9-11-13-15-16-17-18-19-21-23-25-27-29-31-38(37-36(42)35(41)33(39)32-43-37)34(40)30-28-26-24-22-20-14-12-10-8-6-4-2/h33,35-37,39,41-42H,3-32H2,1-2H3/t33-,35-,36+,37+/m1/s1. The molecule has 0 aliphatic carbocycles. The molecule has 0 aromatic heterocycles.